The molecule has 0 aliphatic carbocycles. The van der Waals surface area contributed by atoms with E-state index in [9.17, 15) is 4.79 Å². The molecule has 4 nitrogen and oxygen atoms in total. The van der Waals surface area contributed by atoms with E-state index in [1.807, 2.05) is 60.7 Å². The number of rotatable bonds is 6. The molecule has 0 radical (unpaired) electrons. The molecule has 6 heteroatoms. The van der Waals surface area contributed by atoms with Crippen molar-refractivity contribution in [3.05, 3.63) is 71.4 Å². The zero-order valence-corrected chi connectivity index (χ0v) is 15.3. The zero-order valence-electron chi connectivity index (χ0n) is 13.7. The number of nitrogens with zero attached hydrogens (tertiary/aromatic N) is 2. The van der Waals surface area contributed by atoms with Gasteiger partial charge in [0.05, 0.1) is 11.5 Å². The van der Waals surface area contributed by atoms with E-state index >= 15 is 0 Å². The van der Waals surface area contributed by atoms with Gasteiger partial charge in [-0.15, -0.1) is 11.8 Å². The molecule has 0 fully saturated rings. The third-order valence-electron chi connectivity index (χ3n) is 3.69. The molecule has 0 unspecified atom stereocenters. The fraction of sp³-hybridized carbons (Fsp3) is 0.158. The molecule has 2 aromatic carbocycles. The Balaban J connectivity index is 1.52. The summed E-state index contributed by atoms with van der Waals surface area (Å²) in [6, 6.07) is 18.9. The van der Waals surface area contributed by atoms with E-state index in [2.05, 4.69) is 5.16 Å². The lowest BCUT2D eigenvalue weighted by Gasteiger charge is -2.16. The predicted octanol–water partition coefficient (Wildman–Crippen LogP) is 4.89. The van der Waals surface area contributed by atoms with Crippen molar-refractivity contribution < 1.29 is 9.32 Å². The van der Waals surface area contributed by atoms with Crippen molar-refractivity contribution in [2.75, 3.05) is 17.7 Å². The van der Waals surface area contributed by atoms with Gasteiger partial charge in [0.15, 0.2) is 0 Å². The number of thioether (sulfide) groups is 1. The highest BCUT2D eigenvalue weighted by Gasteiger charge is 2.12. The first kappa shape index (κ1) is 17.6. The summed E-state index contributed by atoms with van der Waals surface area (Å²) in [7, 11) is 1.78. The van der Waals surface area contributed by atoms with Gasteiger partial charge in [0.2, 0.25) is 5.91 Å². The molecule has 0 saturated carbocycles. The van der Waals surface area contributed by atoms with Crippen molar-refractivity contribution in [1.29, 1.82) is 0 Å². The van der Waals surface area contributed by atoms with Crippen molar-refractivity contribution in [2.45, 2.75) is 5.75 Å². The van der Waals surface area contributed by atoms with Crippen LogP contribution in [0, 0.1) is 0 Å². The highest BCUT2D eigenvalue weighted by atomic mass is 35.5. The smallest absolute Gasteiger partial charge is 0.236 e. The monoisotopic (exact) mass is 372 g/mol. The molecule has 3 rings (SSSR count). The lowest BCUT2D eigenvalue weighted by molar-refractivity contribution is -0.115. The van der Waals surface area contributed by atoms with Crippen LogP contribution in [0.3, 0.4) is 0 Å². The van der Waals surface area contributed by atoms with E-state index in [1.165, 1.54) is 11.8 Å². The molecule has 0 spiro atoms. The minimum absolute atomic E-state index is 0.0497. The average molecular weight is 373 g/mol. The molecular formula is C19H17ClN2O2S. The average Bonchev–Trinajstić information content (AvgIpc) is 3.11. The Kier molecular flexibility index (Phi) is 5.79. The largest absolute Gasteiger partial charge is 0.360 e. The normalized spacial score (nSPS) is 10.6. The fourth-order valence-electron chi connectivity index (χ4n) is 2.27. The van der Waals surface area contributed by atoms with E-state index < -0.39 is 0 Å². The Hall–Kier alpha value is -2.24. The molecule has 3 aromatic rings. The molecular weight excluding hydrogens is 356 g/mol. The van der Waals surface area contributed by atoms with Gasteiger partial charge in [-0.25, -0.2) is 0 Å². The first-order valence-corrected chi connectivity index (χ1v) is 9.27. The second kappa shape index (κ2) is 8.23. The number of halogens is 1. The Labute approximate surface area is 155 Å². The highest BCUT2D eigenvalue weighted by molar-refractivity contribution is 7.99. The van der Waals surface area contributed by atoms with E-state index in [4.69, 9.17) is 16.1 Å². The summed E-state index contributed by atoms with van der Waals surface area (Å²) >= 11 is 7.39. The van der Waals surface area contributed by atoms with Crippen LogP contribution in [0.5, 0.6) is 0 Å². The van der Waals surface area contributed by atoms with E-state index in [-0.39, 0.29) is 5.91 Å². The first-order chi connectivity index (χ1) is 12.1. The third kappa shape index (κ3) is 4.65. The SMILES string of the molecule is CN(C(=O)CSCc1cc(-c2ccc(Cl)cc2)no1)c1ccccc1. The lowest BCUT2D eigenvalue weighted by atomic mass is 10.1. The highest BCUT2D eigenvalue weighted by Crippen LogP contribution is 2.23. The van der Waals surface area contributed by atoms with Crippen LogP contribution in [0.15, 0.2) is 65.2 Å². The zero-order chi connectivity index (χ0) is 17.6. The number of para-hydroxylation sites is 1. The number of carbonyl (C=O) groups excluding carboxylic acids is 1. The van der Waals surface area contributed by atoms with Gasteiger partial charge in [0.25, 0.3) is 0 Å². The van der Waals surface area contributed by atoms with Crippen molar-refractivity contribution in [2.24, 2.45) is 0 Å². The number of amides is 1. The Morgan fingerprint density at radius 3 is 2.60 bits per heavy atom. The molecule has 1 heterocycles. The molecule has 128 valence electrons. The molecule has 25 heavy (non-hydrogen) atoms. The lowest BCUT2D eigenvalue weighted by Crippen LogP contribution is -2.27. The first-order valence-electron chi connectivity index (χ1n) is 7.74. The van der Waals surface area contributed by atoms with Crippen molar-refractivity contribution >= 4 is 35.0 Å². The molecule has 0 bridgehead atoms. The summed E-state index contributed by atoms with van der Waals surface area (Å²) in [5.41, 5.74) is 2.60. The Bertz CT molecular complexity index is 834. The summed E-state index contributed by atoms with van der Waals surface area (Å²) in [6.07, 6.45) is 0. The number of carbonyl (C=O) groups is 1. The Morgan fingerprint density at radius 1 is 1.16 bits per heavy atom. The van der Waals surface area contributed by atoms with Crippen LogP contribution >= 0.6 is 23.4 Å². The number of hydrogen-bond donors (Lipinski definition) is 0. The van der Waals surface area contributed by atoms with Crippen LogP contribution in [-0.4, -0.2) is 23.9 Å². The molecule has 0 N–H and O–H groups in total. The summed E-state index contributed by atoms with van der Waals surface area (Å²) < 4.78 is 5.35. The molecule has 1 aromatic heterocycles. The van der Waals surface area contributed by atoms with Crippen LogP contribution in [0.1, 0.15) is 5.76 Å². The van der Waals surface area contributed by atoms with E-state index in [1.54, 1.807) is 11.9 Å². The molecule has 0 aliphatic heterocycles. The van der Waals surface area contributed by atoms with Gasteiger partial charge >= 0.3 is 0 Å². The molecule has 0 aliphatic rings. The third-order valence-corrected chi connectivity index (χ3v) is 4.88. The summed E-state index contributed by atoms with van der Waals surface area (Å²) in [4.78, 5) is 13.9. The summed E-state index contributed by atoms with van der Waals surface area (Å²) in [5.74, 6) is 1.76. The number of benzene rings is 2. The topological polar surface area (TPSA) is 46.3 Å². The van der Waals surface area contributed by atoms with Gasteiger partial charge in [0, 0.05) is 29.4 Å². The maximum atomic E-state index is 12.2. The van der Waals surface area contributed by atoms with Gasteiger partial charge in [-0.1, -0.05) is 47.1 Å². The Morgan fingerprint density at radius 2 is 1.88 bits per heavy atom. The van der Waals surface area contributed by atoms with Crippen LogP contribution in [0.2, 0.25) is 5.02 Å². The summed E-state index contributed by atoms with van der Waals surface area (Å²) in [5, 5.41) is 4.75. The fourth-order valence-corrected chi connectivity index (χ4v) is 3.20. The maximum Gasteiger partial charge on any atom is 0.236 e. The number of aromatic nitrogens is 1. The van der Waals surface area contributed by atoms with Crippen LogP contribution < -0.4 is 4.90 Å². The predicted molar refractivity (Wildman–Crippen MR) is 103 cm³/mol. The van der Waals surface area contributed by atoms with Crippen molar-refractivity contribution in [1.82, 2.24) is 5.16 Å². The maximum absolute atomic E-state index is 12.2. The number of hydrogen-bond acceptors (Lipinski definition) is 4. The molecule has 0 saturated heterocycles. The quantitative estimate of drug-likeness (QED) is 0.618. The van der Waals surface area contributed by atoms with Gasteiger partial charge in [-0.3, -0.25) is 4.79 Å². The molecule has 0 atom stereocenters. The second-order valence-electron chi connectivity index (χ2n) is 5.47. The van der Waals surface area contributed by atoms with Gasteiger partial charge in [-0.2, -0.15) is 0 Å². The second-order valence-corrected chi connectivity index (χ2v) is 6.89. The van der Waals surface area contributed by atoms with Gasteiger partial charge in [-0.05, 0) is 24.3 Å². The van der Waals surface area contributed by atoms with Crippen LogP contribution in [0.25, 0.3) is 11.3 Å². The van der Waals surface area contributed by atoms with Crippen molar-refractivity contribution in [3.8, 4) is 11.3 Å². The van der Waals surface area contributed by atoms with Crippen LogP contribution in [0.4, 0.5) is 5.69 Å². The standard InChI is InChI=1S/C19H17ClN2O2S/c1-22(16-5-3-2-4-6-16)19(23)13-25-12-17-11-18(21-24-17)14-7-9-15(20)10-8-14/h2-11H,12-13H2,1H3. The van der Waals surface area contributed by atoms with Crippen LogP contribution in [-0.2, 0) is 10.5 Å². The van der Waals surface area contributed by atoms with Gasteiger partial charge in [0.1, 0.15) is 11.5 Å². The number of anilines is 1. The van der Waals surface area contributed by atoms with E-state index in [0.717, 1.165) is 22.7 Å². The van der Waals surface area contributed by atoms with Crippen molar-refractivity contribution in [3.63, 3.8) is 0 Å². The molecule has 1 amide bonds. The minimum atomic E-state index is 0.0497. The summed E-state index contributed by atoms with van der Waals surface area (Å²) in [6.45, 7) is 0. The van der Waals surface area contributed by atoms with Gasteiger partial charge < -0.3 is 9.42 Å². The van der Waals surface area contributed by atoms with E-state index in [0.29, 0.717) is 16.5 Å². The minimum Gasteiger partial charge on any atom is -0.360 e.